The first-order valence-corrected chi connectivity index (χ1v) is 18.7. The van der Waals surface area contributed by atoms with Crippen molar-refractivity contribution < 1.29 is 39.8 Å². The lowest BCUT2D eigenvalue weighted by Gasteiger charge is -2.40. The van der Waals surface area contributed by atoms with Gasteiger partial charge in [-0.1, -0.05) is 149 Å². The fraction of sp³-hybridized carbons (Fsp3) is 0.972. The maximum absolute atomic E-state index is 12.8. The molecular weight excluding hydrogens is 574 g/mol. The van der Waals surface area contributed by atoms with Crippen LogP contribution in [-0.4, -0.2) is 87.5 Å². The van der Waals surface area contributed by atoms with Gasteiger partial charge < -0.3 is 40.3 Å². The van der Waals surface area contributed by atoms with Gasteiger partial charge in [-0.2, -0.15) is 0 Å². The predicted octanol–water partition coefficient (Wildman–Crippen LogP) is 6.05. The molecule has 0 aromatic heterocycles. The maximum Gasteiger partial charge on any atom is 0.220 e. The van der Waals surface area contributed by atoms with Crippen molar-refractivity contribution in [1.29, 1.82) is 0 Å². The third kappa shape index (κ3) is 20.2. The van der Waals surface area contributed by atoms with Crippen LogP contribution in [0.5, 0.6) is 0 Å². The molecule has 7 atom stereocenters. The largest absolute Gasteiger partial charge is 0.394 e. The molecule has 9 heteroatoms. The Balaban J connectivity index is 2.44. The molecule has 0 spiro atoms. The van der Waals surface area contributed by atoms with Crippen LogP contribution < -0.4 is 5.32 Å². The topological polar surface area (TPSA) is 149 Å². The normalized spacial score (nSPS) is 23.2. The van der Waals surface area contributed by atoms with Crippen molar-refractivity contribution in [1.82, 2.24) is 5.32 Å². The molecule has 9 nitrogen and oxygen atoms in total. The summed E-state index contributed by atoms with van der Waals surface area (Å²) in [7, 11) is 0. The standard InChI is InChI=1S/C36H71NO8/c1-3-5-7-9-11-13-15-16-17-19-21-23-25-30(39)29(28-44-36-35(43)34(42)33(41)31(27-38)45-36)37-32(40)26-24-22-20-18-14-12-10-8-6-4-2/h29-31,33-36,38-39,41-43H,3-28H2,1-2H3,(H,37,40)/t29-,30+,31+,33-,34?,35?,36+/m0/s1. The van der Waals surface area contributed by atoms with E-state index in [1.807, 2.05) is 0 Å². The Labute approximate surface area is 274 Å². The minimum atomic E-state index is -1.55. The molecule has 45 heavy (non-hydrogen) atoms. The van der Waals surface area contributed by atoms with Crippen LogP contribution >= 0.6 is 0 Å². The molecule has 0 aromatic carbocycles. The molecular formula is C36H71NO8. The van der Waals surface area contributed by atoms with Crippen molar-refractivity contribution in [2.24, 2.45) is 0 Å². The molecule has 0 bridgehead atoms. The molecule has 0 saturated carbocycles. The van der Waals surface area contributed by atoms with Crippen molar-refractivity contribution in [3.63, 3.8) is 0 Å². The predicted molar refractivity (Wildman–Crippen MR) is 180 cm³/mol. The maximum atomic E-state index is 12.8. The number of hydrogen-bond acceptors (Lipinski definition) is 8. The van der Waals surface area contributed by atoms with Gasteiger partial charge in [-0.05, 0) is 12.8 Å². The number of ether oxygens (including phenoxy) is 2. The Bertz CT molecular complexity index is 681. The van der Waals surface area contributed by atoms with E-state index in [1.165, 1.54) is 103 Å². The van der Waals surface area contributed by atoms with Gasteiger partial charge in [-0.15, -0.1) is 0 Å². The van der Waals surface area contributed by atoms with Crippen molar-refractivity contribution >= 4 is 5.91 Å². The lowest BCUT2D eigenvalue weighted by molar-refractivity contribution is -0.302. The number of hydrogen-bond donors (Lipinski definition) is 6. The quantitative estimate of drug-likeness (QED) is 0.0517. The molecule has 268 valence electrons. The van der Waals surface area contributed by atoms with E-state index in [9.17, 15) is 30.3 Å². The average molecular weight is 646 g/mol. The van der Waals surface area contributed by atoms with Crippen molar-refractivity contribution in [2.45, 2.75) is 211 Å². The van der Waals surface area contributed by atoms with Crippen LogP contribution in [0.15, 0.2) is 0 Å². The Kier molecular flexibility index (Phi) is 26.5. The zero-order valence-corrected chi connectivity index (χ0v) is 28.9. The lowest BCUT2D eigenvalue weighted by Crippen LogP contribution is -2.60. The molecule has 1 saturated heterocycles. The first kappa shape index (κ1) is 42.2. The van der Waals surface area contributed by atoms with Crippen LogP contribution in [0, 0.1) is 0 Å². The zero-order valence-electron chi connectivity index (χ0n) is 28.9. The van der Waals surface area contributed by atoms with Crippen LogP contribution in [-0.2, 0) is 14.3 Å². The number of aliphatic hydroxyl groups is 5. The summed E-state index contributed by atoms with van der Waals surface area (Å²) in [6.45, 7) is 3.79. The number of rotatable bonds is 30. The molecule has 1 aliphatic rings. The van der Waals surface area contributed by atoms with E-state index in [2.05, 4.69) is 19.2 Å². The average Bonchev–Trinajstić information content (AvgIpc) is 3.04. The molecule has 0 aliphatic carbocycles. The molecule has 1 aliphatic heterocycles. The number of unbranched alkanes of at least 4 members (excludes halogenated alkanes) is 20. The molecule has 1 amide bonds. The SMILES string of the molecule is CCCCCCCCCCCCCC[C@@H](O)[C@H](CO[C@@H]1O[C@H](CO)[C@H](O)C(O)C1O)NC(=O)CCCCCCCCCCCC. The molecule has 0 radical (unpaired) electrons. The highest BCUT2D eigenvalue weighted by molar-refractivity contribution is 5.76. The number of carbonyl (C=O) groups excluding carboxylic acids is 1. The lowest BCUT2D eigenvalue weighted by atomic mass is 9.99. The molecule has 2 unspecified atom stereocenters. The van der Waals surface area contributed by atoms with Crippen LogP contribution in [0.4, 0.5) is 0 Å². The third-order valence-corrected chi connectivity index (χ3v) is 9.21. The van der Waals surface area contributed by atoms with E-state index >= 15 is 0 Å². The number of nitrogens with one attached hydrogen (secondary N) is 1. The first-order valence-electron chi connectivity index (χ1n) is 18.7. The van der Waals surface area contributed by atoms with Gasteiger partial charge in [0.05, 0.1) is 25.4 Å². The fourth-order valence-electron chi connectivity index (χ4n) is 6.10. The zero-order chi connectivity index (χ0) is 33.1. The highest BCUT2D eigenvalue weighted by Crippen LogP contribution is 2.23. The van der Waals surface area contributed by atoms with Crippen LogP contribution in [0.2, 0.25) is 0 Å². The Hall–Kier alpha value is -0.810. The summed E-state index contributed by atoms with van der Waals surface area (Å²) < 4.78 is 11.2. The van der Waals surface area contributed by atoms with Crippen molar-refractivity contribution in [3.8, 4) is 0 Å². The smallest absolute Gasteiger partial charge is 0.220 e. The summed E-state index contributed by atoms with van der Waals surface area (Å²) in [5.41, 5.74) is 0. The van der Waals surface area contributed by atoms with E-state index < -0.39 is 49.5 Å². The van der Waals surface area contributed by atoms with Crippen LogP contribution in [0.1, 0.15) is 168 Å². The highest BCUT2D eigenvalue weighted by atomic mass is 16.7. The monoisotopic (exact) mass is 646 g/mol. The first-order chi connectivity index (χ1) is 21.8. The molecule has 1 heterocycles. The third-order valence-electron chi connectivity index (χ3n) is 9.21. The minimum absolute atomic E-state index is 0.133. The Morgan fingerprint density at radius 3 is 1.58 bits per heavy atom. The van der Waals surface area contributed by atoms with Crippen LogP contribution in [0.3, 0.4) is 0 Å². The van der Waals surface area contributed by atoms with Gasteiger partial charge in [0, 0.05) is 6.42 Å². The molecule has 0 aromatic rings. The van der Waals surface area contributed by atoms with Crippen molar-refractivity contribution in [2.75, 3.05) is 13.2 Å². The summed E-state index contributed by atoms with van der Waals surface area (Å²) >= 11 is 0. The number of carbonyl (C=O) groups is 1. The molecule has 1 rings (SSSR count). The second-order valence-electron chi connectivity index (χ2n) is 13.4. The summed E-state index contributed by atoms with van der Waals surface area (Å²) in [4.78, 5) is 12.8. The van der Waals surface area contributed by atoms with Gasteiger partial charge in [0.2, 0.25) is 5.91 Å². The summed E-state index contributed by atoms with van der Waals surface area (Å²) in [6, 6.07) is -0.708. The van der Waals surface area contributed by atoms with Gasteiger partial charge in [0.1, 0.15) is 24.4 Å². The number of amides is 1. The Morgan fingerprint density at radius 1 is 0.667 bits per heavy atom. The second-order valence-corrected chi connectivity index (χ2v) is 13.4. The van der Waals surface area contributed by atoms with Crippen molar-refractivity contribution in [3.05, 3.63) is 0 Å². The van der Waals surface area contributed by atoms with Gasteiger partial charge >= 0.3 is 0 Å². The Morgan fingerprint density at radius 2 is 1.11 bits per heavy atom. The summed E-state index contributed by atoms with van der Waals surface area (Å²) in [5.74, 6) is -0.147. The fourth-order valence-corrected chi connectivity index (χ4v) is 6.10. The van der Waals surface area contributed by atoms with E-state index in [1.54, 1.807) is 0 Å². The van der Waals surface area contributed by atoms with E-state index in [-0.39, 0.29) is 12.5 Å². The van der Waals surface area contributed by atoms with Gasteiger partial charge in [0.25, 0.3) is 0 Å². The van der Waals surface area contributed by atoms with Gasteiger partial charge in [0.15, 0.2) is 6.29 Å². The highest BCUT2D eigenvalue weighted by Gasteiger charge is 2.44. The van der Waals surface area contributed by atoms with Gasteiger partial charge in [-0.25, -0.2) is 0 Å². The van der Waals surface area contributed by atoms with Crippen LogP contribution in [0.25, 0.3) is 0 Å². The van der Waals surface area contributed by atoms with E-state index in [0.29, 0.717) is 12.8 Å². The number of aliphatic hydroxyl groups excluding tert-OH is 5. The second kappa shape index (κ2) is 28.2. The summed E-state index contributed by atoms with van der Waals surface area (Å²) in [6.07, 6.45) is 19.7. The molecule has 6 N–H and O–H groups in total. The van der Waals surface area contributed by atoms with E-state index in [4.69, 9.17) is 9.47 Å². The van der Waals surface area contributed by atoms with E-state index in [0.717, 1.165) is 38.5 Å². The van der Waals surface area contributed by atoms with Gasteiger partial charge in [-0.3, -0.25) is 4.79 Å². The molecule has 1 fully saturated rings. The minimum Gasteiger partial charge on any atom is -0.394 e. The summed E-state index contributed by atoms with van der Waals surface area (Å²) in [5, 5.41) is 53.9.